The van der Waals surface area contributed by atoms with E-state index in [0.717, 1.165) is 29.8 Å². The Morgan fingerprint density at radius 2 is 1.62 bits per heavy atom. The molecule has 0 aromatic rings. The van der Waals surface area contributed by atoms with Gasteiger partial charge in [0.1, 0.15) is 0 Å². The van der Waals surface area contributed by atoms with Crippen LogP contribution in [0.15, 0.2) is 0 Å². The zero-order valence-electron chi connectivity index (χ0n) is 11.3. The second-order valence-corrected chi connectivity index (χ2v) is 6.54. The normalized spacial score (nSPS) is 40.5. The molecule has 1 N–H and O–H groups in total. The maximum atomic E-state index is 3.93. The van der Waals surface area contributed by atoms with Gasteiger partial charge in [0.15, 0.2) is 0 Å². The summed E-state index contributed by atoms with van der Waals surface area (Å²) in [6, 6.07) is 1.67. The lowest BCUT2D eigenvalue weighted by molar-refractivity contribution is 0.221. The van der Waals surface area contributed by atoms with E-state index in [-0.39, 0.29) is 0 Å². The van der Waals surface area contributed by atoms with E-state index in [0.29, 0.717) is 0 Å². The summed E-state index contributed by atoms with van der Waals surface area (Å²) in [5.74, 6) is 2.81. The van der Waals surface area contributed by atoms with Gasteiger partial charge in [-0.15, -0.1) is 0 Å². The molecule has 0 heterocycles. The topological polar surface area (TPSA) is 12.0 Å². The maximum Gasteiger partial charge on any atom is 0.00952 e. The van der Waals surface area contributed by atoms with Crippen molar-refractivity contribution in [2.75, 3.05) is 0 Å². The van der Waals surface area contributed by atoms with Crippen molar-refractivity contribution < 1.29 is 0 Å². The van der Waals surface area contributed by atoms with Crippen molar-refractivity contribution in [3.63, 3.8) is 0 Å². The Morgan fingerprint density at radius 1 is 0.938 bits per heavy atom. The third-order valence-electron chi connectivity index (χ3n) is 5.03. The first-order valence-corrected chi connectivity index (χ1v) is 7.43. The van der Waals surface area contributed by atoms with Crippen LogP contribution in [0.5, 0.6) is 0 Å². The minimum absolute atomic E-state index is 0.834. The first-order chi connectivity index (χ1) is 7.66. The fraction of sp³-hybridized carbons (Fsp3) is 1.00. The average molecular weight is 223 g/mol. The minimum Gasteiger partial charge on any atom is -0.311 e. The number of rotatable bonds is 3. The highest BCUT2D eigenvalue weighted by Crippen LogP contribution is 2.32. The number of hydrogen-bond donors (Lipinski definition) is 1. The van der Waals surface area contributed by atoms with Crippen LogP contribution < -0.4 is 5.32 Å². The lowest BCUT2D eigenvalue weighted by Crippen LogP contribution is -2.42. The molecular weight excluding hydrogens is 194 g/mol. The molecule has 94 valence electrons. The van der Waals surface area contributed by atoms with E-state index in [9.17, 15) is 0 Å². The minimum atomic E-state index is 0.834. The van der Waals surface area contributed by atoms with Crippen molar-refractivity contribution in [2.24, 2.45) is 17.8 Å². The SMILES string of the molecule is CC(C)C1CCC(NC2CCCC2C)CC1. The first kappa shape index (κ1) is 12.4. The van der Waals surface area contributed by atoms with E-state index in [1.54, 1.807) is 0 Å². The van der Waals surface area contributed by atoms with Crippen LogP contribution in [0, 0.1) is 17.8 Å². The molecule has 0 aromatic heterocycles. The van der Waals surface area contributed by atoms with Gasteiger partial charge >= 0.3 is 0 Å². The highest BCUT2D eigenvalue weighted by Gasteiger charge is 2.28. The molecule has 2 rings (SSSR count). The molecule has 2 fully saturated rings. The zero-order chi connectivity index (χ0) is 11.5. The monoisotopic (exact) mass is 223 g/mol. The Hall–Kier alpha value is -0.0400. The van der Waals surface area contributed by atoms with Crippen molar-refractivity contribution in [1.29, 1.82) is 0 Å². The predicted octanol–water partition coefficient (Wildman–Crippen LogP) is 3.98. The van der Waals surface area contributed by atoms with E-state index in [2.05, 4.69) is 26.1 Å². The average Bonchev–Trinajstić information content (AvgIpc) is 2.65. The molecule has 2 atom stereocenters. The smallest absolute Gasteiger partial charge is 0.00952 e. The van der Waals surface area contributed by atoms with Crippen molar-refractivity contribution in [2.45, 2.75) is 77.8 Å². The van der Waals surface area contributed by atoms with E-state index < -0.39 is 0 Å². The number of hydrogen-bond acceptors (Lipinski definition) is 1. The van der Waals surface area contributed by atoms with Gasteiger partial charge in [-0.2, -0.15) is 0 Å². The third kappa shape index (κ3) is 3.00. The highest BCUT2D eigenvalue weighted by atomic mass is 15.0. The molecule has 2 saturated carbocycles. The Balaban J connectivity index is 1.72. The van der Waals surface area contributed by atoms with Crippen molar-refractivity contribution in [3.05, 3.63) is 0 Å². The highest BCUT2D eigenvalue weighted by molar-refractivity contribution is 4.86. The van der Waals surface area contributed by atoms with Gasteiger partial charge in [-0.05, 0) is 56.3 Å². The standard InChI is InChI=1S/C15H29N/c1-11(2)13-7-9-14(10-8-13)16-15-6-4-5-12(15)3/h11-16H,4-10H2,1-3H3. The quantitative estimate of drug-likeness (QED) is 0.763. The molecule has 1 heteroatoms. The maximum absolute atomic E-state index is 3.93. The molecule has 1 nitrogen and oxygen atoms in total. The van der Waals surface area contributed by atoms with Crippen LogP contribution in [-0.2, 0) is 0 Å². The second-order valence-electron chi connectivity index (χ2n) is 6.54. The molecule has 2 aliphatic carbocycles. The lowest BCUT2D eigenvalue weighted by Gasteiger charge is -2.34. The summed E-state index contributed by atoms with van der Waals surface area (Å²) in [6.07, 6.45) is 10.1. The lowest BCUT2D eigenvalue weighted by atomic mass is 9.79. The molecular formula is C15H29N. The van der Waals surface area contributed by atoms with Crippen LogP contribution in [-0.4, -0.2) is 12.1 Å². The largest absolute Gasteiger partial charge is 0.311 e. The summed E-state index contributed by atoms with van der Waals surface area (Å²) in [5, 5.41) is 3.93. The fourth-order valence-corrected chi connectivity index (χ4v) is 3.65. The van der Waals surface area contributed by atoms with Crippen LogP contribution in [0.2, 0.25) is 0 Å². The van der Waals surface area contributed by atoms with Crippen LogP contribution in [0.1, 0.15) is 65.7 Å². The molecule has 16 heavy (non-hydrogen) atoms. The Morgan fingerprint density at radius 3 is 2.12 bits per heavy atom. The van der Waals surface area contributed by atoms with Crippen LogP contribution >= 0.6 is 0 Å². The first-order valence-electron chi connectivity index (χ1n) is 7.43. The Labute approximate surface area is 101 Å². The van der Waals surface area contributed by atoms with E-state index in [1.165, 1.54) is 44.9 Å². The Bertz CT molecular complexity index is 203. The Kier molecular flexibility index (Phi) is 4.29. The second kappa shape index (κ2) is 5.53. The molecule has 0 spiro atoms. The summed E-state index contributed by atoms with van der Waals surface area (Å²) in [6.45, 7) is 7.19. The summed E-state index contributed by atoms with van der Waals surface area (Å²) in [4.78, 5) is 0. The van der Waals surface area contributed by atoms with Gasteiger partial charge in [-0.25, -0.2) is 0 Å². The van der Waals surface area contributed by atoms with Gasteiger partial charge in [0.05, 0.1) is 0 Å². The zero-order valence-corrected chi connectivity index (χ0v) is 11.3. The van der Waals surface area contributed by atoms with E-state index >= 15 is 0 Å². The third-order valence-corrected chi connectivity index (χ3v) is 5.03. The van der Waals surface area contributed by atoms with Crippen molar-refractivity contribution in [3.8, 4) is 0 Å². The summed E-state index contributed by atoms with van der Waals surface area (Å²) < 4.78 is 0. The van der Waals surface area contributed by atoms with Crippen LogP contribution in [0.4, 0.5) is 0 Å². The van der Waals surface area contributed by atoms with Gasteiger partial charge in [-0.3, -0.25) is 0 Å². The summed E-state index contributed by atoms with van der Waals surface area (Å²) in [5.41, 5.74) is 0. The van der Waals surface area contributed by atoms with Gasteiger partial charge in [0, 0.05) is 12.1 Å². The molecule has 0 radical (unpaired) electrons. The predicted molar refractivity (Wildman–Crippen MR) is 70.5 cm³/mol. The molecule has 0 saturated heterocycles. The molecule has 0 amide bonds. The van der Waals surface area contributed by atoms with Crippen LogP contribution in [0.25, 0.3) is 0 Å². The molecule has 0 bridgehead atoms. The van der Waals surface area contributed by atoms with Gasteiger partial charge in [0.2, 0.25) is 0 Å². The van der Waals surface area contributed by atoms with Gasteiger partial charge < -0.3 is 5.32 Å². The molecule has 2 aliphatic rings. The van der Waals surface area contributed by atoms with E-state index in [1.807, 2.05) is 0 Å². The van der Waals surface area contributed by atoms with Gasteiger partial charge in [-0.1, -0.05) is 27.2 Å². The van der Waals surface area contributed by atoms with Crippen LogP contribution in [0.3, 0.4) is 0 Å². The van der Waals surface area contributed by atoms with Gasteiger partial charge in [0.25, 0.3) is 0 Å². The fourth-order valence-electron chi connectivity index (χ4n) is 3.65. The molecule has 0 aliphatic heterocycles. The summed E-state index contributed by atoms with van der Waals surface area (Å²) >= 11 is 0. The van der Waals surface area contributed by atoms with E-state index in [4.69, 9.17) is 0 Å². The molecule has 0 aromatic carbocycles. The summed E-state index contributed by atoms with van der Waals surface area (Å²) in [7, 11) is 0. The number of nitrogens with one attached hydrogen (secondary N) is 1. The molecule has 2 unspecified atom stereocenters. The van der Waals surface area contributed by atoms with Crippen molar-refractivity contribution >= 4 is 0 Å². The van der Waals surface area contributed by atoms with Crippen molar-refractivity contribution in [1.82, 2.24) is 5.32 Å².